The van der Waals surface area contributed by atoms with Crippen molar-refractivity contribution < 1.29 is 27.7 Å². The molecule has 0 aromatic carbocycles. The van der Waals surface area contributed by atoms with Crippen LogP contribution < -0.4 is 0 Å². The minimum atomic E-state index is -2.44. The third kappa shape index (κ3) is 5.54. The first-order valence-corrected chi connectivity index (χ1v) is 7.65. The van der Waals surface area contributed by atoms with Gasteiger partial charge in [0.2, 0.25) is 0 Å². The van der Waals surface area contributed by atoms with Crippen molar-refractivity contribution in [2.24, 2.45) is 5.92 Å². The second kappa shape index (κ2) is 9.12. The van der Waals surface area contributed by atoms with Gasteiger partial charge in [0.05, 0.1) is 0 Å². The molecule has 0 bridgehead atoms. The molecule has 0 fully saturated rings. The number of rotatable bonds is 9. The zero-order valence-electron chi connectivity index (χ0n) is 9.61. The molecule has 0 heterocycles. The first-order chi connectivity index (χ1) is 7.99. The Balaban J connectivity index is 4.95. The van der Waals surface area contributed by atoms with Crippen LogP contribution in [0.5, 0.6) is 0 Å². The molecule has 0 saturated carbocycles. The molecule has 0 aromatic heterocycles. The van der Waals surface area contributed by atoms with Crippen molar-refractivity contribution in [1.29, 1.82) is 0 Å². The van der Waals surface area contributed by atoms with E-state index in [4.69, 9.17) is 10.2 Å². The Morgan fingerprint density at radius 3 is 1.53 bits per heavy atom. The first kappa shape index (κ1) is 17.1. The highest BCUT2D eigenvalue weighted by Gasteiger charge is 2.29. The number of hydrogen-bond donors (Lipinski definition) is 2. The maximum Gasteiger partial charge on any atom is 0.0442 e. The van der Waals surface area contributed by atoms with Gasteiger partial charge in [-0.05, 0) is 18.8 Å². The second-order valence-electron chi connectivity index (χ2n) is 3.69. The summed E-state index contributed by atoms with van der Waals surface area (Å²) < 4.78 is 44.2. The Morgan fingerprint density at radius 1 is 1.00 bits per heavy atom. The van der Waals surface area contributed by atoms with Crippen LogP contribution in [-0.4, -0.2) is 51.4 Å². The molecule has 2 N–H and O–H groups in total. The van der Waals surface area contributed by atoms with Gasteiger partial charge < -0.3 is 19.3 Å². The van der Waals surface area contributed by atoms with E-state index in [1.165, 1.54) is 0 Å². The molecule has 4 unspecified atom stereocenters. The quantitative estimate of drug-likeness (QED) is 0.539. The molecule has 0 aliphatic rings. The smallest absolute Gasteiger partial charge is 0.0442 e. The summed E-state index contributed by atoms with van der Waals surface area (Å²) in [4.78, 5) is 0. The third-order valence-electron chi connectivity index (χ3n) is 2.75. The SMILES string of the molecule is CCC(C(CCO)S(=O)[O-])C(CCO)S(=O)[O-]. The van der Waals surface area contributed by atoms with Crippen molar-refractivity contribution in [2.75, 3.05) is 13.2 Å². The van der Waals surface area contributed by atoms with Crippen molar-refractivity contribution in [2.45, 2.75) is 36.7 Å². The van der Waals surface area contributed by atoms with Crippen molar-refractivity contribution in [3.63, 3.8) is 0 Å². The molecule has 6 nitrogen and oxygen atoms in total. The van der Waals surface area contributed by atoms with Crippen LogP contribution in [0.1, 0.15) is 26.2 Å². The molecular weight excluding hydrogens is 268 g/mol. The summed E-state index contributed by atoms with van der Waals surface area (Å²) in [6, 6.07) is 0. The second-order valence-corrected chi connectivity index (χ2v) is 5.95. The van der Waals surface area contributed by atoms with E-state index in [0.29, 0.717) is 6.42 Å². The van der Waals surface area contributed by atoms with E-state index >= 15 is 0 Å². The van der Waals surface area contributed by atoms with Crippen LogP contribution in [0.2, 0.25) is 0 Å². The fraction of sp³-hybridized carbons (Fsp3) is 1.00. The average molecular weight is 286 g/mol. The molecule has 0 saturated heterocycles. The minimum absolute atomic E-state index is 0.00768. The van der Waals surface area contributed by atoms with Crippen LogP contribution in [0, 0.1) is 5.92 Å². The van der Waals surface area contributed by atoms with Gasteiger partial charge in [0, 0.05) is 23.7 Å². The molecule has 0 radical (unpaired) electrons. The Kier molecular flexibility index (Phi) is 9.20. The van der Waals surface area contributed by atoms with E-state index in [-0.39, 0.29) is 26.1 Å². The van der Waals surface area contributed by atoms with Crippen LogP contribution in [0.15, 0.2) is 0 Å². The molecule has 0 spiro atoms. The lowest BCUT2D eigenvalue weighted by Gasteiger charge is -2.35. The van der Waals surface area contributed by atoms with Gasteiger partial charge >= 0.3 is 0 Å². The van der Waals surface area contributed by atoms with Gasteiger partial charge in [-0.1, -0.05) is 35.5 Å². The molecule has 104 valence electrons. The summed E-state index contributed by atoms with van der Waals surface area (Å²) in [5.41, 5.74) is 0. The fourth-order valence-electron chi connectivity index (χ4n) is 1.93. The molecule has 0 amide bonds. The molecule has 17 heavy (non-hydrogen) atoms. The van der Waals surface area contributed by atoms with E-state index in [9.17, 15) is 17.5 Å². The molecule has 0 aromatic rings. The summed E-state index contributed by atoms with van der Waals surface area (Å²) in [5, 5.41) is 15.8. The van der Waals surface area contributed by atoms with Gasteiger partial charge in [-0.3, -0.25) is 8.42 Å². The summed E-state index contributed by atoms with van der Waals surface area (Å²) in [5.74, 6) is -0.606. The maximum absolute atomic E-state index is 11.0. The predicted octanol–water partition coefficient (Wildman–Crippen LogP) is -0.727. The van der Waals surface area contributed by atoms with E-state index in [0.717, 1.165) is 0 Å². The molecule has 0 aliphatic heterocycles. The predicted molar refractivity (Wildman–Crippen MR) is 62.6 cm³/mol. The van der Waals surface area contributed by atoms with E-state index < -0.39 is 38.6 Å². The Hall–Kier alpha value is 0.140. The topological polar surface area (TPSA) is 121 Å². The van der Waals surface area contributed by atoms with Crippen molar-refractivity contribution in [1.82, 2.24) is 0 Å². The van der Waals surface area contributed by atoms with E-state index in [1.54, 1.807) is 6.92 Å². The molecule has 8 heteroatoms. The summed E-state index contributed by atoms with van der Waals surface area (Å²) in [6.45, 7) is 1.07. The van der Waals surface area contributed by atoms with Crippen molar-refractivity contribution in [3.8, 4) is 0 Å². The van der Waals surface area contributed by atoms with Crippen molar-refractivity contribution in [3.05, 3.63) is 0 Å². The Morgan fingerprint density at radius 2 is 1.35 bits per heavy atom. The van der Waals surface area contributed by atoms with Gasteiger partial charge in [0.1, 0.15) is 0 Å². The third-order valence-corrected chi connectivity index (χ3v) is 4.91. The van der Waals surface area contributed by atoms with Crippen LogP contribution in [0.4, 0.5) is 0 Å². The van der Waals surface area contributed by atoms with Gasteiger partial charge in [-0.25, -0.2) is 0 Å². The normalized spacial score (nSPS) is 20.5. The van der Waals surface area contributed by atoms with Gasteiger partial charge in [-0.15, -0.1) is 0 Å². The summed E-state index contributed by atoms with van der Waals surface area (Å²) >= 11 is -4.88. The largest absolute Gasteiger partial charge is 0.772 e. The monoisotopic (exact) mass is 286 g/mol. The summed E-state index contributed by atoms with van der Waals surface area (Å²) in [7, 11) is 0. The lowest BCUT2D eigenvalue weighted by molar-refractivity contribution is 0.246. The lowest BCUT2D eigenvalue weighted by atomic mass is 9.94. The molecular formula is C9H18O6S2-2. The van der Waals surface area contributed by atoms with Gasteiger partial charge in [0.15, 0.2) is 0 Å². The zero-order valence-corrected chi connectivity index (χ0v) is 11.2. The zero-order chi connectivity index (χ0) is 13.4. The fourth-order valence-corrected chi connectivity index (χ4v) is 3.96. The Labute approximate surface area is 106 Å². The average Bonchev–Trinajstić information content (AvgIpc) is 2.26. The minimum Gasteiger partial charge on any atom is -0.772 e. The van der Waals surface area contributed by atoms with Gasteiger partial charge in [0.25, 0.3) is 0 Å². The highest BCUT2D eigenvalue weighted by Crippen LogP contribution is 2.25. The first-order valence-electron chi connectivity index (χ1n) is 5.37. The van der Waals surface area contributed by atoms with E-state index in [2.05, 4.69) is 0 Å². The standard InChI is InChI=1S/C9H20O6S2/c1-2-7(8(3-5-10)16(12)13)9(4-6-11)17(14)15/h7-11H,2-6H2,1H3,(H,12,13)(H,14,15)/p-2. The lowest BCUT2D eigenvalue weighted by Crippen LogP contribution is -2.38. The molecule has 4 atom stereocenters. The number of hydrogen-bond acceptors (Lipinski definition) is 6. The molecule has 0 aliphatic carbocycles. The summed E-state index contributed by atoms with van der Waals surface area (Å²) in [6.07, 6.45) is 0.374. The molecule has 0 rings (SSSR count). The highest BCUT2D eigenvalue weighted by atomic mass is 32.2. The van der Waals surface area contributed by atoms with Crippen LogP contribution >= 0.6 is 0 Å². The van der Waals surface area contributed by atoms with Crippen LogP contribution in [0.25, 0.3) is 0 Å². The van der Waals surface area contributed by atoms with E-state index in [1.807, 2.05) is 0 Å². The maximum atomic E-state index is 11.0. The number of aliphatic hydroxyl groups excluding tert-OH is 2. The van der Waals surface area contributed by atoms with Crippen LogP contribution in [-0.2, 0) is 22.2 Å². The number of aliphatic hydroxyl groups is 2. The Bertz CT molecular complexity index is 236. The van der Waals surface area contributed by atoms with Gasteiger partial charge in [-0.2, -0.15) is 0 Å². The highest BCUT2D eigenvalue weighted by molar-refractivity contribution is 7.80. The van der Waals surface area contributed by atoms with Crippen LogP contribution in [0.3, 0.4) is 0 Å². The van der Waals surface area contributed by atoms with Crippen molar-refractivity contribution >= 4 is 22.2 Å².